The quantitative estimate of drug-likeness (QED) is 0.680. The van der Waals surface area contributed by atoms with Gasteiger partial charge in [-0.15, -0.1) is 0 Å². The molecule has 21 heavy (non-hydrogen) atoms. The van der Waals surface area contributed by atoms with Crippen molar-refractivity contribution in [1.29, 1.82) is 0 Å². The molecule has 0 amide bonds. The number of aliphatic hydroxyl groups is 1. The third kappa shape index (κ3) is 3.32. The smallest absolute Gasteiger partial charge is 0.305 e. The normalized spacial score (nSPS) is 10.4. The van der Waals surface area contributed by atoms with E-state index in [4.69, 9.17) is 9.84 Å². The topological polar surface area (TPSA) is 72.6 Å². The highest BCUT2D eigenvalue weighted by atomic mass is 19.1. The zero-order chi connectivity index (χ0) is 15.4. The predicted octanol–water partition coefficient (Wildman–Crippen LogP) is 2.94. The summed E-state index contributed by atoms with van der Waals surface area (Å²) in [6.45, 7) is -0.712. The van der Waals surface area contributed by atoms with Crippen molar-refractivity contribution >= 4 is 5.69 Å². The van der Waals surface area contributed by atoms with Crippen LogP contribution in [0, 0.1) is 21.7 Å². The minimum Gasteiger partial charge on any atom is -0.488 e. The first-order chi connectivity index (χ1) is 10.0. The third-order valence-electron chi connectivity index (χ3n) is 2.83. The maximum atomic E-state index is 13.8. The largest absolute Gasteiger partial charge is 0.488 e. The molecule has 1 N–H and O–H groups in total. The maximum Gasteiger partial charge on any atom is 0.305 e. The highest BCUT2D eigenvalue weighted by molar-refractivity contribution is 5.37. The molecule has 7 heteroatoms. The zero-order valence-corrected chi connectivity index (χ0v) is 10.8. The molecule has 0 spiro atoms. The molecular formula is C14H11F2NO4. The van der Waals surface area contributed by atoms with Crippen LogP contribution in [0.3, 0.4) is 0 Å². The van der Waals surface area contributed by atoms with E-state index in [1.54, 1.807) is 0 Å². The molecule has 0 aliphatic heterocycles. The Morgan fingerprint density at radius 2 is 1.95 bits per heavy atom. The van der Waals surface area contributed by atoms with E-state index in [0.29, 0.717) is 0 Å². The number of benzene rings is 2. The lowest BCUT2D eigenvalue weighted by Gasteiger charge is -2.10. The van der Waals surface area contributed by atoms with Crippen molar-refractivity contribution in [3.05, 3.63) is 69.3 Å². The van der Waals surface area contributed by atoms with Gasteiger partial charge in [-0.2, -0.15) is 4.39 Å². The minimum atomic E-state index is -0.977. The summed E-state index contributed by atoms with van der Waals surface area (Å²) in [5.41, 5.74) is -0.434. The molecule has 110 valence electrons. The minimum absolute atomic E-state index is 0.00239. The number of hydrogen-bond acceptors (Lipinski definition) is 4. The van der Waals surface area contributed by atoms with Crippen LogP contribution >= 0.6 is 0 Å². The lowest BCUT2D eigenvalue weighted by molar-refractivity contribution is -0.387. The molecule has 0 bridgehead atoms. The van der Waals surface area contributed by atoms with Crippen LogP contribution in [0.15, 0.2) is 36.4 Å². The molecule has 0 radical (unpaired) electrons. The SMILES string of the molecule is O=[N+]([O-])c1cccc(COc2ccc(F)cc2CO)c1F. The number of ether oxygens (including phenoxy) is 1. The van der Waals surface area contributed by atoms with Gasteiger partial charge in [0.25, 0.3) is 0 Å². The monoisotopic (exact) mass is 295 g/mol. The standard InChI is InChI=1S/C14H11F2NO4/c15-11-4-5-13(10(6-11)7-18)21-8-9-2-1-3-12(14(9)16)17(19)20/h1-6,18H,7-8H2. The number of nitro benzene ring substituents is 1. The number of halogens is 2. The average molecular weight is 295 g/mol. The van der Waals surface area contributed by atoms with Crippen LogP contribution < -0.4 is 4.74 Å². The second-order valence-corrected chi connectivity index (χ2v) is 4.21. The van der Waals surface area contributed by atoms with Gasteiger partial charge in [0.15, 0.2) is 0 Å². The number of aliphatic hydroxyl groups excluding tert-OH is 1. The van der Waals surface area contributed by atoms with E-state index in [1.807, 2.05) is 0 Å². The fraction of sp³-hybridized carbons (Fsp3) is 0.143. The maximum absolute atomic E-state index is 13.8. The molecule has 0 aliphatic carbocycles. The Morgan fingerprint density at radius 1 is 1.19 bits per heavy atom. The fourth-order valence-corrected chi connectivity index (χ4v) is 1.79. The molecule has 0 atom stereocenters. The Bertz CT molecular complexity index is 676. The predicted molar refractivity (Wildman–Crippen MR) is 69.7 cm³/mol. The van der Waals surface area contributed by atoms with Gasteiger partial charge in [0.1, 0.15) is 18.2 Å². The second-order valence-electron chi connectivity index (χ2n) is 4.21. The second kappa shape index (κ2) is 6.27. The molecule has 2 aromatic rings. The van der Waals surface area contributed by atoms with E-state index in [1.165, 1.54) is 18.2 Å². The molecule has 0 unspecified atom stereocenters. The van der Waals surface area contributed by atoms with E-state index in [-0.39, 0.29) is 23.5 Å². The molecular weight excluding hydrogens is 284 g/mol. The Labute approximate surface area is 118 Å². The van der Waals surface area contributed by atoms with Crippen molar-refractivity contribution in [2.75, 3.05) is 0 Å². The Balaban J connectivity index is 2.21. The number of nitro groups is 1. The molecule has 0 fully saturated rings. The van der Waals surface area contributed by atoms with Crippen LogP contribution in [0.2, 0.25) is 0 Å². The van der Waals surface area contributed by atoms with Gasteiger partial charge in [-0.25, -0.2) is 4.39 Å². The Hall–Kier alpha value is -2.54. The lowest BCUT2D eigenvalue weighted by Crippen LogP contribution is -2.03. The average Bonchev–Trinajstić information content (AvgIpc) is 2.46. The van der Waals surface area contributed by atoms with Crippen molar-refractivity contribution in [2.24, 2.45) is 0 Å². The molecule has 2 aromatic carbocycles. The van der Waals surface area contributed by atoms with Gasteiger partial charge >= 0.3 is 5.69 Å². The van der Waals surface area contributed by atoms with Crippen molar-refractivity contribution in [1.82, 2.24) is 0 Å². The van der Waals surface area contributed by atoms with Gasteiger partial charge in [-0.1, -0.05) is 12.1 Å². The summed E-state index contributed by atoms with van der Waals surface area (Å²) in [5.74, 6) is -1.33. The number of hydrogen-bond donors (Lipinski definition) is 1. The third-order valence-corrected chi connectivity index (χ3v) is 2.83. The molecule has 5 nitrogen and oxygen atoms in total. The highest BCUT2D eigenvalue weighted by Crippen LogP contribution is 2.24. The summed E-state index contributed by atoms with van der Waals surface area (Å²) in [4.78, 5) is 9.81. The van der Waals surface area contributed by atoms with Crippen molar-refractivity contribution in [2.45, 2.75) is 13.2 Å². The van der Waals surface area contributed by atoms with E-state index in [9.17, 15) is 18.9 Å². The van der Waals surface area contributed by atoms with Crippen LogP contribution in [0.25, 0.3) is 0 Å². The van der Waals surface area contributed by atoms with Gasteiger partial charge in [0.2, 0.25) is 5.82 Å². The summed E-state index contributed by atoms with van der Waals surface area (Å²) in [6, 6.07) is 7.28. The van der Waals surface area contributed by atoms with Crippen LogP contribution in [0.1, 0.15) is 11.1 Å². The van der Waals surface area contributed by atoms with Crippen molar-refractivity contribution in [3.8, 4) is 5.75 Å². The first kappa shape index (κ1) is 14.9. The zero-order valence-electron chi connectivity index (χ0n) is 10.8. The van der Waals surface area contributed by atoms with Crippen LogP contribution in [0.5, 0.6) is 5.75 Å². The Kier molecular flexibility index (Phi) is 4.44. The van der Waals surface area contributed by atoms with Gasteiger partial charge in [0.05, 0.1) is 11.5 Å². The molecule has 0 aromatic heterocycles. The molecule has 0 saturated heterocycles. The van der Waals surface area contributed by atoms with E-state index < -0.39 is 28.9 Å². The van der Waals surface area contributed by atoms with E-state index in [2.05, 4.69) is 0 Å². The summed E-state index contributed by atoms with van der Waals surface area (Å²) in [7, 11) is 0. The Morgan fingerprint density at radius 3 is 2.62 bits per heavy atom. The summed E-state index contributed by atoms with van der Waals surface area (Å²) in [5, 5.41) is 19.7. The van der Waals surface area contributed by atoms with Gasteiger partial charge in [0, 0.05) is 17.2 Å². The van der Waals surface area contributed by atoms with Crippen LogP contribution in [0.4, 0.5) is 14.5 Å². The van der Waals surface area contributed by atoms with Crippen molar-refractivity contribution < 1.29 is 23.5 Å². The van der Waals surface area contributed by atoms with Gasteiger partial charge in [-0.3, -0.25) is 10.1 Å². The van der Waals surface area contributed by atoms with Gasteiger partial charge < -0.3 is 9.84 Å². The molecule has 0 aliphatic rings. The number of nitrogens with zero attached hydrogens (tertiary/aromatic N) is 1. The highest BCUT2D eigenvalue weighted by Gasteiger charge is 2.17. The molecule has 2 rings (SSSR count). The van der Waals surface area contributed by atoms with Crippen LogP contribution in [-0.2, 0) is 13.2 Å². The number of rotatable bonds is 5. The fourth-order valence-electron chi connectivity index (χ4n) is 1.79. The molecule has 0 saturated carbocycles. The first-order valence-electron chi connectivity index (χ1n) is 5.96. The molecule has 0 heterocycles. The summed E-state index contributed by atoms with van der Waals surface area (Å²) < 4.78 is 32.1. The lowest BCUT2D eigenvalue weighted by atomic mass is 10.2. The summed E-state index contributed by atoms with van der Waals surface area (Å²) in [6.07, 6.45) is 0. The van der Waals surface area contributed by atoms with E-state index in [0.717, 1.165) is 18.2 Å². The van der Waals surface area contributed by atoms with E-state index >= 15 is 0 Å². The van der Waals surface area contributed by atoms with Crippen molar-refractivity contribution in [3.63, 3.8) is 0 Å². The van der Waals surface area contributed by atoms with Crippen LogP contribution in [-0.4, -0.2) is 10.0 Å². The summed E-state index contributed by atoms with van der Waals surface area (Å²) >= 11 is 0. The van der Waals surface area contributed by atoms with Gasteiger partial charge in [-0.05, 0) is 18.2 Å². The first-order valence-corrected chi connectivity index (χ1v) is 5.96.